The van der Waals surface area contributed by atoms with Gasteiger partial charge in [0.05, 0.1) is 5.56 Å². The molecule has 0 atom stereocenters. The predicted molar refractivity (Wildman–Crippen MR) is 115 cm³/mol. The van der Waals surface area contributed by atoms with Crippen LogP contribution in [0.5, 0.6) is 0 Å². The molecule has 0 saturated carbocycles. The van der Waals surface area contributed by atoms with Crippen molar-refractivity contribution in [2.75, 3.05) is 6.54 Å². The number of hydrogen-bond donors (Lipinski definition) is 0. The van der Waals surface area contributed by atoms with Crippen molar-refractivity contribution in [3.8, 4) is 0 Å². The summed E-state index contributed by atoms with van der Waals surface area (Å²) in [6.45, 7) is 6.53. The summed E-state index contributed by atoms with van der Waals surface area (Å²) < 4.78 is 55.3. The zero-order chi connectivity index (χ0) is 22.4. The van der Waals surface area contributed by atoms with E-state index in [1.807, 2.05) is 29.0 Å². The molecule has 0 aliphatic heterocycles. The minimum Gasteiger partial charge on any atom is -0.346 e. The Morgan fingerprint density at radius 1 is 0.935 bits per heavy atom. The molecule has 0 radical (unpaired) electrons. The monoisotopic (exact) mass is 432 g/mol. The van der Waals surface area contributed by atoms with Crippen molar-refractivity contribution >= 4 is 0 Å². The molecule has 3 rings (SSSR count). The van der Waals surface area contributed by atoms with Crippen molar-refractivity contribution in [1.29, 1.82) is 0 Å². The molecule has 6 heteroatoms. The SMILES string of the molecule is CC(C)CCN(Cc1ccccc1F)Cc1cccn1Cc1cccc(C(F)(F)F)c1. The smallest absolute Gasteiger partial charge is 0.346 e. The summed E-state index contributed by atoms with van der Waals surface area (Å²) in [7, 11) is 0. The van der Waals surface area contributed by atoms with Crippen molar-refractivity contribution in [3.05, 3.63) is 95.1 Å². The molecule has 0 aliphatic rings. The molecular formula is C25H28F4N2. The Labute approximate surface area is 181 Å². The second-order valence-corrected chi connectivity index (χ2v) is 8.31. The van der Waals surface area contributed by atoms with E-state index in [2.05, 4.69) is 18.7 Å². The molecular weight excluding hydrogens is 404 g/mol. The van der Waals surface area contributed by atoms with Gasteiger partial charge in [-0.3, -0.25) is 4.90 Å². The number of rotatable bonds is 9. The van der Waals surface area contributed by atoms with Crippen LogP contribution in [-0.4, -0.2) is 16.0 Å². The van der Waals surface area contributed by atoms with Gasteiger partial charge in [-0.15, -0.1) is 0 Å². The van der Waals surface area contributed by atoms with Gasteiger partial charge in [0.15, 0.2) is 0 Å². The summed E-state index contributed by atoms with van der Waals surface area (Å²) in [4.78, 5) is 2.19. The lowest BCUT2D eigenvalue weighted by Crippen LogP contribution is -2.26. The van der Waals surface area contributed by atoms with E-state index in [1.165, 1.54) is 18.2 Å². The first-order valence-electron chi connectivity index (χ1n) is 10.5. The lowest BCUT2D eigenvalue weighted by atomic mass is 10.1. The molecule has 0 spiro atoms. The Kier molecular flexibility index (Phi) is 7.55. The summed E-state index contributed by atoms with van der Waals surface area (Å²) >= 11 is 0. The van der Waals surface area contributed by atoms with Crippen LogP contribution in [0.25, 0.3) is 0 Å². The zero-order valence-corrected chi connectivity index (χ0v) is 17.9. The number of halogens is 4. The fraction of sp³-hybridized carbons (Fsp3) is 0.360. The van der Waals surface area contributed by atoms with Crippen LogP contribution < -0.4 is 0 Å². The lowest BCUT2D eigenvalue weighted by Gasteiger charge is -2.24. The van der Waals surface area contributed by atoms with Crippen molar-refractivity contribution < 1.29 is 17.6 Å². The first-order chi connectivity index (χ1) is 14.7. The minimum atomic E-state index is -4.36. The second-order valence-electron chi connectivity index (χ2n) is 8.31. The van der Waals surface area contributed by atoms with Crippen LogP contribution in [0.1, 0.15) is 42.7 Å². The van der Waals surface area contributed by atoms with Gasteiger partial charge in [0.1, 0.15) is 5.82 Å². The van der Waals surface area contributed by atoms with E-state index in [0.29, 0.717) is 36.7 Å². The maximum atomic E-state index is 14.2. The first kappa shape index (κ1) is 23.1. The zero-order valence-electron chi connectivity index (χ0n) is 17.9. The van der Waals surface area contributed by atoms with Gasteiger partial charge in [0.2, 0.25) is 0 Å². The maximum Gasteiger partial charge on any atom is 0.416 e. The summed E-state index contributed by atoms with van der Waals surface area (Å²) in [6, 6.07) is 16.0. The molecule has 1 aromatic heterocycles. The Hall–Kier alpha value is -2.60. The Balaban J connectivity index is 1.77. The number of hydrogen-bond acceptors (Lipinski definition) is 1. The highest BCUT2D eigenvalue weighted by atomic mass is 19.4. The van der Waals surface area contributed by atoms with Gasteiger partial charge in [-0.1, -0.05) is 44.2 Å². The van der Waals surface area contributed by atoms with Gasteiger partial charge in [0.25, 0.3) is 0 Å². The van der Waals surface area contributed by atoms with E-state index < -0.39 is 11.7 Å². The molecule has 0 amide bonds. The number of aromatic nitrogens is 1. The van der Waals surface area contributed by atoms with Crippen molar-refractivity contribution in [2.45, 2.75) is 46.1 Å². The molecule has 2 aromatic carbocycles. The standard InChI is InChI=1S/C25H28F4N2/c1-19(2)12-14-30(17-21-8-3-4-11-24(21)26)18-23-10-6-13-31(23)16-20-7-5-9-22(15-20)25(27,28)29/h3-11,13,15,19H,12,14,16-18H2,1-2H3. The molecule has 0 fully saturated rings. The molecule has 0 N–H and O–H groups in total. The second kappa shape index (κ2) is 10.1. The topological polar surface area (TPSA) is 8.17 Å². The highest BCUT2D eigenvalue weighted by Crippen LogP contribution is 2.29. The van der Waals surface area contributed by atoms with E-state index in [0.717, 1.165) is 24.7 Å². The van der Waals surface area contributed by atoms with Gasteiger partial charge < -0.3 is 4.57 Å². The normalized spacial score (nSPS) is 12.1. The molecule has 3 aromatic rings. The van der Waals surface area contributed by atoms with Gasteiger partial charge in [-0.25, -0.2) is 4.39 Å². The van der Waals surface area contributed by atoms with Gasteiger partial charge in [0, 0.05) is 37.1 Å². The predicted octanol–water partition coefficient (Wildman–Crippen LogP) is 6.74. The van der Waals surface area contributed by atoms with Crippen LogP contribution in [-0.2, 0) is 25.8 Å². The van der Waals surface area contributed by atoms with Crippen LogP contribution in [0.2, 0.25) is 0 Å². The number of alkyl halides is 3. The third-order valence-corrected chi connectivity index (χ3v) is 5.29. The molecule has 0 unspecified atom stereocenters. The fourth-order valence-electron chi connectivity index (χ4n) is 3.54. The van der Waals surface area contributed by atoms with E-state index in [9.17, 15) is 17.6 Å². The van der Waals surface area contributed by atoms with Crippen molar-refractivity contribution in [2.24, 2.45) is 5.92 Å². The fourth-order valence-corrected chi connectivity index (χ4v) is 3.54. The average Bonchev–Trinajstić information content (AvgIpc) is 3.14. The molecule has 0 bridgehead atoms. The lowest BCUT2D eigenvalue weighted by molar-refractivity contribution is -0.137. The van der Waals surface area contributed by atoms with E-state index in [4.69, 9.17) is 0 Å². The largest absolute Gasteiger partial charge is 0.416 e. The molecule has 0 aliphatic carbocycles. The van der Waals surface area contributed by atoms with Crippen molar-refractivity contribution in [3.63, 3.8) is 0 Å². The summed E-state index contributed by atoms with van der Waals surface area (Å²) in [5.74, 6) is 0.288. The molecule has 0 saturated heterocycles. The van der Waals surface area contributed by atoms with Crippen LogP contribution in [0.15, 0.2) is 66.9 Å². The highest BCUT2D eigenvalue weighted by Gasteiger charge is 2.30. The Morgan fingerprint density at radius 3 is 2.42 bits per heavy atom. The summed E-state index contributed by atoms with van der Waals surface area (Å²) in [6.07, 6.45) is -1.51. The molecule has 31 heavy (non-hydrogen) atoms. The molecule has 166 valence electrons. The average molecular weight is 433 g/mol. The van der Waals surface area contributed by atoms with E-state index in [1.54, 1.807) is 18.2 Å². The third kappa shape index (κ3) is 6.69. The number of benzene rings is 2. The van der Waals surface area contributed by atoms with Gasteiger partial charge in [-0.05, 0) is 54.8 Å². The minimum absolute atomic E-state index is 0.226. The molecule has 2 nitrogen and oxygen atoms in total. The van der Waals surface area contributed by atoms with E-state index >= 15 is 0 Å². The van der Waals surface area contributed by atoms with Gasteiger partial charge >= 0.3 is 6.18 Å². The Bertz CT molecular complexity index is 975. The Morgan fingerprint density at radius 2 is 1.71 bits per heavy atom. The quantitative estimate of drug-likeness (QED) is 0.340. The number of nitrogens with zero attached hydrogens (tertiary/aromatic N) is 2. The van der Waals surface area contributed by atoms with E-state index in [-0.39, 0.29) is 5.82 Å². The third-order valence-electron chi connectivity index (χ3n) is 5.29. The first-order valence-corrected chi connectivity index (χ1v) is 10.5. The summed E-state index contributed by atoms with van der Waals surface area (Å²) in [5.41, 5.74) is 1.58. The highest BCUT2D eigenvalue weighted by molar-refractivity contribution is 5.26. The molecule has 1 heterocycles. The van der Waals surface area contributed by atoms with Crippen LogP contribution in [0.4, 0.5) is 17.6 Å². The summed E-state index contributed by atoms with van der Waals surface area (Å²) in [5, 5.41) is 0. The van der Waals surface area contributed by atoms with Gasteiger partial charge in [-0.2, -0.15) is 13.2 Å². The van der Waals surface area contributed by atoms with Crippen LogP contribution in [0.3, 0.4) is 0 Å². The maximum absolute atomic E-state index is 14.2. The van der Waals surface area contributed by atoms with Crippen LogP contribution in [0, 0.1) is 11.7 Å². The van der Waals surface area contributed by atoms with Crippen LogP contribution >= 0.6 is 0 Å². The van der Waals surface area contributed by atoms with Crippen molar-refractivity contribution in [1.82, 2.24) is 9.47 Å².